The van der Waals surface area contributed by atoms with Crippen LogP contribution in [0.3, 0.4) is 0 Å². The monoisotopic (exact) mass is 524 g/mol. The van der Waals surface area contributed by atoms with Crippen molar-refractivity contribution in [2.75, 3.05) is 12.4 Å². The largest absolute Gasteiger partial charge is 0.497 e. The third-order valence-electron chi connectivity index (χ3n) is 3.77. The standard InChI is InChI=1S/C18H14Br2N4O5/c1-28-12-2-4-13(5-3-12)29-10-23-7-6-16(22-23)18(25)21-17-14(19)8-11(24(26)27)9-15(17)20/h2-9H,10H2,1H3,(H,21,25). The number of hydrogen-bond donors (Lipinski definition) is 1. The molecule has 3 rings (SSSR count). The van der Waals surface area contributed by atoms with Gasteiger partial charge in [0.2, 0.25) is 0 Å². The molecule has 0 saturated heterocycles. The number of ether oxygens (including phenoxy) is 2. The normalized spacial score (nSPS) is 10.4. The van der Waals surface area contributed by atoms with Crippen LogP contribution in [0.2, 0.25) is 0 Å². The molecule has 1 heterocycles. The highest BCUT2D eigenvalue weighted by atomic mass is 79.9. The summed E-state index contributed by atoms with van der Waals surface area (Å²) in [4.78, 5) is 22.9. The summed E-state index contributed by atoms with van der Waals surface area (Å²) in [5, 5.41) is 17.8. The number of benzene rings is 2. The predicted octanol–water partition coefficient (Wildman–Crippen LogP) is 4.61. The molecule has 0 fully saturated rings. The zero-order valence-corrected chi connectivity index (χ0v) is 18.1. The molecular weight excluding hydrogens is 512 g/mol. The van der Waals surface area contributed by atoms with E-state index in [-0.39, 0.29) is 18.1 Å². The highest BCUT2D eigenvalue weighted by molar-refractivity contribution is 9.11. The fourth-order valence-corrected chi connectivity index (χ4v) is 3.69. The van der Waals surface area contributed by atoms with E-state index in [1.54, 1.807) is 43.6 Å². The average Bonchev–Trinajstić information content (AvgIpc) is 3.18. The minimum atomic E-state index is -0.522. The van der Waals surface area contributed by atoms with Crippen LogP contribution in [0.1, 0.15) is 10.5 Å². The van der Waals surface area contributed by atoms with Gasteiger partial charge in [0.15, 0.2) is 12.4 Å². The highest BCUT2D eigenvalue weighted by Crippen LogP contribution is 2.35. The summed E-state index contributed by atoms with van der Waals surface area (Å²) in [5.41, 5.74) is 0.423. The topological polar surface area (TPSA) is 109 Å². The Morgan fingerprint density at radius 2 is 1.79 bits per heavy atom. The fraction of sp³-hybridized carbons (Fsp3) is 0.111. The Labute approximate surface area is 182 Å². The van der Waals surface area contributed by atoms with Gasteiger partial charge in [-0.15, -0.1) is 0 Å². The lowest BCUT2D eigenvalue weighted by Gasteiger charge is -2.09. The summed E-state index contributed by atoms with van der Waals surface area (Å²) in [7, 11) is 1.58. The molecule has 1 aromatic heterocycles. The van der Waals surface area contributed by atoms with Gasteiger partial charge in [0.05, 0.1) is 17.7 Å². The predicted molar refractivity (Wildman–Crippen MR) is 112 cm³/mol. The molecule has 3 aromatic rings. The van der Waals surface area contributed by atoms with E-state index in [4.69, 9.17) is 9.47 Å². The van der Waals surface area contributed by atoms with Crippen molar-refractivity contribution in [2.45, 2.75) is 6.73 Å². The number of nitro groups is 1. The lowest BCUT2D eigenvalue weighted by molar-refractivity contribution is -0.385. The molecular formula is C18H14Br2N4O5. The van der Waals surface area contributed by atoms with Gasteiger partial charge in [-0.1, -0.05) is 0 Å². The van der Waals surface area contributed by atoms with E-state index in [2.05, 4.69) is 42.3 Å². The highest BCUT2D eigenvalue weighted by Gasteiger charge is 2.18. The van der Waals surface area contributed by atoms with Crippen LogP contribution in [-0.2, 0) is 6.73 Å². The van der Waals surface area contributed by atoms with Crippen molar-refractivity contribution in [1.82, 2.24) is 9.78 Å². The molecule has 0 radical (unpaired) electrons. The number of carbonyl (C=O) groups is 1. The molecule has 29 heavy (non-hydrogen) atoms. The van der Waals surface area contributed by atoms with Crippen LogP contribution in [0.4, 0.5) is 11.4 Å². The van der Waals surface area contributed by atoms with Gasteiger partial charge in [-0.05, 0) is 62.2 Å². The summed E-state index contributed by atoms with van der Waals surface area (Å²) in [6.45, 7) is 0.116. The molecule has 0 unspecified atom stereocenters. The van der Waals surface area contributed by atoms with E-state index < -0.39 is 10.8 Å². The number of halogens is 2. The molecule has 0 bridgehead atoms. The zero-order chi connectivity index (χ0) is 21.0. The molecule has 1 N–H and O–H groups in total. The second-order valence-corrected chi connectivity index (χ2v) is 7.39. The first-order chi connectivity index (χ1) is 13.9. The Balaban J connectivity index is 1.65. The average molecular weight is 526 g/mol. The molecule has 0 spiro atoms. The van der Waals surface area contributed by atoms with E-state index in [1.807, 2.05) is 0 Å². The maximum atomic E-state index is 12.5. The molecule has 0 aliphatic rings. The first-order valence-electron chi connectivity index (χ1n) is 8.12. The minimum Gasteiger partial charge on any atom is -0.497 e. The summed E-state index contributed by atoms with van der Waals surface area (Å²) < 4.78 is 12.9. The number of amides is 1. The summed E-state index contributed by atoms with van der Waals surface area (Å²) >= 11 is 6.46. The van der Waals surface area contributed by atoms with Gasteiger partial charge in [0, 0.05) is 27.3 Å². The molecule has 9 nitrogen and oxygen atoms in total. The number of carbonyl (C=O) groups excluding carboxylic acids is 1. The number of hydrogen-bond acceptors (Lipinski definition) is 6. The van der Waals surface area contributed by atoms with E-state index >= 15 is 0 Å². The van der Waals surface area contributed by atoms with Crippen LogP contribution in [0, 0.1) is 10.1 Å². The molecule has 150 valence electrons. The van der Waals surface area contributed by atoms with Gasteiger partial charge in [-0.25, -0.2) is 4.68 Å². The van der Waals surface area contributed by atoms with E-state index in [1.165, 1.54) is 16.8 Å². The van der Waals surface area contributed by atoms with E-state index in [0.717, 1.165) is 5.75 Å². The number of non-ortho nitro benzene ring substituents is 1. The zero-order valence-electron chi connectivity index (χ0n) is 15.0. The van der Waals surface area contributed by atoms with Crippen molar-refractivity contribution in [3.05, 3.63) is 73.4 Å². The first kappa shape index (κ1) is 20.8. The van der Waals surface area contributed by atoms with Crippen LogP contribution in [0.15, 0.2) is 57.6 Å². The summed E-state index contributed by atoms with van der Waals surface area (Å²) in [5.74, 6) is 0.883. The van der Waals surface area contributed by atoms with Crippen molar-refractivity contribution >= 4 is 49.1 Å². The summed E-state index contributed by atoms with van der Waals surface area (Å²) in [6.07, 6.45) is 1.61. The van der Waals surface area contributed by atoms with Crippen molar-refractivity contribution < 1.29 is 19.2 Å². The number of methoxy groups -OCH3 is 1. The number of nitro benzene ring substituents is 1. The lowest BCUT2D eigenvalue weighted by atomic mass is 10.2. The number of rotatable bonds is 7. The second kappa shape index (κ2) is 9.05. The third kappa shape index (κ3) is 5.12. The molecule has 1 amide bonds. The lowest BCUT2D eigenvalue weighted by Crippen LogP contribution is -2.15. The maximum Gasteiger partial charge on any atom is 0.276 e. The number of aromatic nitrogens is 2. The Kier molecular flexibility index (Phi) is 6.49. The van der Waals surface area contributed by atoms with Gasteiger partial charge in [-0.3, -0.25) is 14.9 Å². The SMILES string of the molecule is COc1ccc(OCn2ccc(C(=O)Nc3c(Br)cc([N+](=O)[O-])cc3Br)n2)cc1. The van der Waals surface area contributed by atoms with Crippen molar-refractivity contribution in [2.24, 2.45) is 0 Å². The molecule has 2 aromatic carbocycles. The molecule has 11 heteroatoms. The molecule has 0 saturated carbocycles. The fourth-order valence-electron chi connectivity index (χ4n) is 2.33. The number of anilines is 1. The van der Waals surface area contributed by atoms with Crippen molar-refractivity contribution in [3.8, 4) is 11.5 Å². The van der Waals surface area contributed by atoms with E-state index in [9.17, 15) is 14.9 Å². The summed E-state index contributed by atoms with van der Waals surface area (Å²) in [6, 6.07) is 11.2. The van der Waals surface area contributed by atoms with Gasteiger partial charge >= 0.3 is 0 Å². The van der Waals surface area contributed by atoms with Gasteiger partial charge in [-0.2, -0.15) is 5.10 Å². The maximum absolute atomic E-state index is 12.5. The van der Waals surface area contributed by atoms with Gasteiger partial charge in [0.1, 0.15) is 11.5 Å². The molecule has 0 aliphatic heterocycles. The van der Waals surface area contributed by atoms with Crippen molar-refractivity contribution in [3.63, 3.8) is 0 Å². The van der Waals surface area contributed by atoms with Crippen LogP contribution in [-0.4, -0.2) is 27.7 Å². The third-order valence-corrected chi connectivity index (χ3v) is 5.02. The minimum absolute atomic E-state index is 0.110. The van der Waals surface area contributed by atoms with Gasteiger partial charge < -0.3 is 14.8 Å². The van der Waals surface area contributed by atoms with Crippen molar-refractivity contribution in [1.29, 1.82) is 0 Å². The number of nitrogens with zero attached hydrogens (tertiary/aromatic N) is 3. The first-order valence-corrected chi connectivity index (χ1v) is 9.71. The molecule has 0 aliphatic carbocycles. The van der Waals surface area contributed by atoms with Gasteiger partial charge in [0.25, 0.3) is 11.6 Å². The Morgan fingerprint density at radius 3 is 2.38 bits per heavy atom. The van der Waals surface area contributed by atoms with Crippen LogP contribution in [0.5, 0.6) is 11.5 Å². The van der Waals surface area contributed by atoms with Crippen LogP contribution < -0.4 is 14.8 Å². The number of nitrogens with one attached hydrogen (secondary N) is 1. The Hall–Kier alpha value is -2.92. The quantitative estimate of drug-likeness (QED) is 0.356. The smallest absolute Gasteiger partial charge is 0.276 e. The van der Waals surface area contributed by atoms with Crippen LogP contribution in [0.25, 0.3) is 0 Å². The van der Waals surface area contributed by atoms with E-state index in [0.29, 0.717) is 20.4 Å². The molecule has 0 atom stereocenters. The Morgan fingerprint density at radius 1 is 1.17 bits per heavy atom. The second-order valence-electron chi connectivity index (χ2n) is 5.69. The Bertz CT molecular complexity index is 1030. The van der Waals surface area contributed by atoms with Crippen LogP contribution >= 0.6 is 31.9 Å².